The number of likely N-dealkylation sites (tertiary alicyclic amines) is 1. The average Bonchev–Trinajstić information content (AvgIpc) is 3.00. The summed E-state index contributed by atoms with van der Waals surface area (Å²) in [7, 11) is 4.23. The predicted octanol–water partition coefficient (Wildman–Crippen LogP) is -0.117. The summed E-state index contributed by atoms with van der Waals surface area (Å²) in [6.07, 6.45) is 3.83. The zero-order chi connectivity index (χ0) is 15.9. The molecule has 2 atom stereocenters. The van der Waals surface area contributed by atoms with E-state index in [2.05, 4.69) is 29.2 Å². The third-order valence-corrected chi connectivity index (χ3v) is 4.80. The number of nitrogens with two attached hydrogens (primary N) is 1. The van der Waals surface area contributed by atoms with E-state index < -0.39 is 0 Å². The second-order valence-corrected chi connectivity index (χ2v) is 6.89. The molecule has 6 nitrogen and oxygen atoms in total. The van der Waals surface area contributed by atoms with E-state index in [1.165, 1.54) is 12.8 Å². The van der Waals surface area contributed by atoms with Crippen LogP contribution >= 0.6 is 0 Å². The Labute approximate surface area is 134 Å². The lowest BCUT2D eigenvalue weighted by molar-refractivity contribution is -0.132. The highest BCUT2D eigenvalue weighted by atomic mass is 16.5. The largest absolute Gasteiger partial charge is 0.364 e. The van der Waals surface area contributed by atoms with Crippen molar-refractivity contribution in [3.63, 3.8) is 0 Å². The highest BCUT2D eigenvalue weighted by Crippen LogP contribution is 2.20. The van der Waals surface area contributed by atoms with Crippen molar-refractivity contribution in [1.29, 1.82) is 0 Å². The smallest absolute Gasteiger partial charge is 0.249 e. The van der Waals surface area contributed by atoms with Gasteiger partial charge in [-0.25, -0.2) is 0 Å². The SMILES string of the molecule is CN(C)CCN1CCC(CNC(=O)[C@@H]2CC[C@H](CN)O2)CC1. The van der Waals surface area contributed by atoms with Gasteiger partial charge in [0, 0.05) is 26.2 Å². The molecule has 0 spiro atoms. The molecule has 2 saturated heterocycles. The quantitative estimate of drug-likeness (QED) is 0.686. The zero-order valence-corrected chi connectivity index (χ0v) is 14.1. The van der Waals surface area contributed by atoms with Gasteiger partial charge in [0.15, 0.2) is 0 Å². The van der Waals surface area contributed by atoms with Crippen molar-refractivity contribution >= 4 is 5.91 Å². The van der Waals surface area contributed by atoms with Crippen LogP contribution in [0.1, 0.15) is 25.7 Å². The molecule has 0 aromatic rings. The lowest BCUT2D eigenvalue weighted by atomic mass is 9.96. The molecule has 6 heteroatoms. The lowest BCUT2D eigenvalue weighted by Gasteiger charge is -2.32. The van der Waals surface area contributed by atoms with E-state index in [0.29, 0.717) is 12.5 Å². The van der Waals surface area contributed by atoms with Crippen molar-refractivity contribution in [2.24, 2.45) is 11.7 Å². The fourth-order valence-electron chi connectivity index (χ4n) is 3.19. The Hall–Kier alpha value is -0.690. The topological polar surface area (TPSA) is 70.8 Å². The number of nitrogens with one attached hydrogen (secondary N) is 1. The summed E-state index contributed by atoms with van der Waals surface area (Å²) >= 11 is 0. The van der Waals surface area contributed by atoms with Crippen LogP contribution in [-0.4, -0.2) is 81.3 Å². The molecular weight excluding hydrogens is 280 g/mol. The van der Waals surface area contributed by atoms with Crippen molar-refractivity contribution in [3.8, 4) is 0 Å². The first-order valence-corrected chi connectivity index (χ1v) is 8.58. The Bertz CT molecular complexity index is 343. The van der Waals surface area contributed by atoms with Crippen LogP contribution in [0.3, 0.4) is 0 Å². The Kier molecular flexibility index (Phi) is 7.08. The number of carbonyl (C=O) groups excluding carboxylic acids is 1. The number of piperidine rings is 1. The molecule has 0 aliphatic carbocycles. The highest BCUT2D eigenvalue weighted by molar-refractivity contribution is 5.81. The van der Waals surface area contributed by atoms with Gasteiger partial charge >= 0.3 is 0 Å². The molecule has 2 rings (SSSR count). The van der Waals surface area contributed by atoms with Crippen LogP contribution in [0.2, 0.25) is 0 Å². The molecule has 2 aliphatic rings. The van der Waals surface area contributed by atoms with Gasteiger partial charge in [0.05, 0.1) is 6.10 Å². The maximum atomic E-state index is 12.1. The Morgan fingerprint density at radius 3 is 2.59 bits per heavy atom. The average molecular weight is 312 g/mol. The number of rotatable bonds is 7. The third kappa shape index (κ3) is 5.50. The van der Waals surface area contributed by atoms with E-state index in [-0.39, 0.29) is 18.1 Å². The van der Waals surface area contributed by atoms with Crippen LogP contribution in [-0.2, 0) is 9.53 Å². The first-order chi connectivity index (χ1) is 10.6. The van der Waals surface area contributed by atoms with Gasteiger partial charge in [-0.05, 0) is 58.8 Å². The summed E-state index contributed by atoms with van der Waals surface area (Å²) < 4.78 is 5.63. The molecule has 0 radical (unpaired) electrons. The van der Waals surface area contributed by atoms with Crippen LogP contribution in [0, 0.1) is 5.92 Å². The normalized spacial score (nSPS) is 27.5. The first-order valence-electron chi connectivity index (χ1n) is 8.58. The van der Waals surface area contributed by atoms with Crippen molar-refractivity contribution < 1.29 is 9.53 Å². The number of hydrogen-bond acceptors (Lipinski definition) is 5. The Morgan fingerprint density at radius 1 is 1.27 bits per heavy atom. The molecule has 3 N–H and O–H groups in total. The van der Waals surface area contributed by atoms with Gasteiger partial charge in [-0.2, -0.15) is 0 Å². The van der Waals surface area contributed by atoms with Crippen molar-refractivity contribution in [2.75, 3.05) is 53.4 Å². The van der Waals surface area contributed by atoms with Gasteiger partial charge in [-0.15, -0.1) is 0 Å². The van der Waals surface area contributed by atoms with Crippen LogP contribution in [0.5, 0.6) is 0 Å². The molecule has 2 aliphatic heterocycles. The van der Waals surface area contributed by atoms with Crippen molar-refractivity contribution in [3.05, 3.63) is 0 Å². The summed E-state index contributed by atoms with van der Waals surface area (Å²) in [6.45, 7) is 5.83. The number of carbonyl (C=O) groups is 1. The molecule has 128 valence electrons. The predicted molar refractivity (Wildman–Crippen MR) is 87.7 cm³/mol. The Morgan fingerprint density at radius 2 is 2.00 bits per heavy atom. The molecular formula is C16H32N4O2. The molecule has 0 aromatic heterocycles. The number of hydrogen-bond donors (Lipinski definition) is 2. The van der Waals surface area contributed by atoms with E-state index in [0.717, 1.165) is 45.6 Å². The highest BCUT2D eigenvalue weighted by Gasteiger charge is 2.30. The maximum Gasteiger partial charge on any atom is 0.249 e. The molecule has 0 bridgehead atoms. The van der Waals surface area contributed by atoms with Crippen molar-refractivity contribution in [2.45, 2.75) is 37.9 Å². The van der Waals surface area contributed by atoms with E-state index in [1.54, 1.807) is 0 Å². The van der Waals surface area contributed by atoms with Crippen molar-refractivity contribution in [1.82, 2.24) is 15.1 Å². The molecule has 0 aromatic carbocycles. The van der Waals surface area contributed by atoms with Crippen LogP contribution < -0.4 is 11.1 Å². The van der Waals surface area contributed by atoms with Gasteiger partial charge < -0.3 is 25.6 Å². The summed E-state index contributed by atoms with van der Waals surface area (Å²) in [5.41, 5.74) is 5.58. The number of amides is 1. The van der Waals surface area contributed by atoms with Gasteiger partial charge in [0.2, 0.25) is 5.91 Å². The number of nitrogens with zero attached hydrogens (tertiary/aromatic N) is 2. The standard InChI is InChI=1S/C16H32N4O2/c1-19(2)9-10-20-7-5-13(6-8-20)12-18-16(21)15-4-3-14(11-17)22-15/h13-15H,3-12,17H2,1-2H3,(H,18,21)/t14-,15+/m1/s1. The molecule has 0 unspecified atom stereocenters. The third-order valence-electron chi connectivity index (χ3n) is 4.80. The monoisotopic (exact) mass is 312 g/mol. The minimum absolute atomic E-state index is 0.0472. The lowest BCUT2D eigenvalue weighted by Crippen LogP contribution is -2.43. The van der Waals surface area contributed by atoms with Gasteiger partial charge in [-0.3, -0.25) is 4.79 Å². The first kappa shape index (κ1) is 17.7. The van der Waals surface area contributed by atoms with Crippen LogP contribution in [0.4, 0.5) is 0 Å². The summed E-state index contributed by atoms with van der Waals surface area (Å²) in [5.74, 6) is 0.650. The Balaban J connectivity index is 1.59. The fraction of sp³-hybridized carbons (Fsp3) is 0.938. The zero-order valence-electron chi connectivity index (χ0n) is 14.1. The second kappa shape index (κ2) is 8.82. The molecule has 2 fully saturated rings. The van der Waals surface area contributed by atoms with E-state index >= 15 is 0 Å². The molecule has 22 heavy (non-hydrogen) atoms. The summed E-state index contributed by atoms with van der Waals surface area (Å²) in [5, 5.41) is 3.07. The fourth-order valence-corrected chi connectivity index (χ4v) is 3.19. The summed E-state index contributed by atoms with van der Waals surface area (Å²) in [4.78, 5) is 16.8. The minimum Gasteiger partial charge on any atom is -0.364 e. The van der Waals surface area contributed by atoms with E-state index in [4.69, 9.17) is 10.5 Å². The maximum absolute atomic E-state index is 12.1. The number of ether oxygens (including phenoxy) is 1. The molecule has 0 saturated carbocycles. The van der Waals surface area contributed by atoms with E-state index in [9.17, 15) is 4.79 Å². The second-order valence-electron chi connectivity index (χ2n) is 6.89. The molecule has 2 heterocycles. The summed E-state index contributed by atoms with van der Waals surface area (Å²) in [6, 6.07) is 0. The van der Waals surface area contributed by atoms with E-state index in [1.807, 2.05) is 0 Å². The van der Waals surface area contributed by atoms with Gasteiger partial charge in [-0.1, -0.05) is 0 Å². The number of likely N-dealkylation sites (N-methyl/N-ethyl adjacent to an activating group) is 1. The van der Waals surface area contributed by atoms with Crippen LogP contribution in [0.25, 0.3) is 0 Å². The molecule has 1 amide bonds. The van der Waals surface area contributed by atoms with Gasteiger partial charge in [0.1, 0.15) is 6.10 Å². The minimum atomic E-state index is -0.284. The van der Waals surface area contributed by atoms with Crippen LogP contribution in [0.15, 0.2) is 0 Å². The van der Waals surface area contributed by atoms with Gasteiger partial charge in [0.25, 0.3) is 0 Å².